The van der Waals surface area contributed by atoms with Crippen molar-refractivity contribution >= 4 is 17.8 Å². The van der Waals surface area contributed by atoms with Crippen molar-refractivity contribution in [3.05, 3.63) is 42.0 Å². The highest BCUT2D eigenvalue weighted by atomic mass is 16.5. The van der Waals surface area contributed by atoms with Gasteiger partial charge in [0.05, 0.1) is 20.3 Å². The molecule has 0 radical (unpaired) electrons. The van der Waals surface area contributed by atoms with Crippen molar-refractivity contribution in [2.75, 3.05) is 33.4 Å². The van der Waals surface area contributed by atoms with Crippen molar-refractivity contribution in [2.45, 2.75) is 6.04 Å². The minimum absolute atomic E-state index is 0.313. The molecule has 0 aromatic heterocycles. The Kier molecular flexibility index (Phi) is 6.53. The van der Waals surface area contributed by atoms with E-state index in [2.05, 4.69) is 5.32 Å². The maximum atomic E-state index is 12.0. The molecular weight excluding hydrogens is 328 g/mol. The van der Waals surface area contributed by atoms with E-state index in [-0.39, 0.29) is 5.91 Å². The van der Waals surface area contributed by atoms with Crippen LogP contribution < -0.4 is 10.1 Å². The smallest absolute Gasteiger partial charge is 0.330 e. The number of aliphatic carboxylic acids is 1. The molecule has 0 bridgehead atoms. The standard InChI is InChI=1S/C17H20N2O6/c1-24-13-4-2-3-12(11-13)16(17(22)23)18-14(20)5-6-15(21)19-7-9-25-10-8-19/h2-6,11,16H,7-10H2,1H3,(H,18,20)(H,22,23)/b6-5+. The molecule has 2 N–H and O–H groups in total. The van der Waals surface area contributed by atoms with E-state index in [9.17, 15) is 19.5 Å². The Hall–Kier alpha value is -2.87. The molecule has 0 aliphatic carbocycles. The minimum atomic E-state index is -1.24. The lowest BCUT2D eigenvalue weighted by Gasteiger charge is -2.25. The number of carbonyl (C=O) groups excluding carboxylic acids is 2. The molecule has 0 saturated carbocycles. The summed E-state index contributed by atoms with van der Waals surface area (Å²) in [5.74, 6) is -1.71. The zero-order chi connectivity index (χ0) is 18.2. The number of morpholine rings is 1. The molecule has 1 unspecified atom stereocenters. The van der Waals surface area contributed by atoms with E-state index >= 15 is 0 Å². The first kappa shape index (κ1) is 18.5. The van der Waals surface area contributed by atoms with Crippen molar-refractivity contribution in [1.29, 1.82) is 0 Å². The third kappa shape index (κ3) is 5.32. The third-order valence-electron chi connectivity index (χ3n) is 3.66. The number of amides is 2. The van der Waals surface area contributed by atoms with Crippen LogP contribution in [0.4, 0.5) is 0 Å². The second-order valence-electron chi connectivity index (χ2n) is 5.33. The fourth-order valence-electron chi connectivity index (χ4n) is 2.34. The number of methoxy groups -OCH3 is 1. The van der Waals surface area contributed by atoms with E-state index in [0.717, 1.165) is 12.2 Å². The Bertz CT molecular complexity index is 667. The highest BCUT2D eigenvalue weighted by molar-refractivity contribution is 5.98. The molecule has 2 rings (SSSR count). The first-order valence-electron chi connectivity index (χ1n) is 7.73. The first-order chi connectivity index (χ1) is 12.0. The molecule has 1 aromatic rings. The van der Waals surface area contributed by atoms with Gasteiger partial charge in [0.25, 0.3) is 0 Å². The van der Waals surface area contributed by atoms with Crippen LogP contribution in [0.1, 0.15) is 11.6 Å². The molecule has 2 amide bonds. The van der Waals surface area contributed by atoms with Gasteiger partial charge in [-0.15, -0.1) is 0 Å². The van der Waals surface area contributed by atoms with Crippen LogP contribution in [0, 0.1) is 0 Å². The molecule has 8 nitrogen and oxygen atoms in total. The average molecular weight is 348 g/mol. The van der Waals surface area contributed by atoms with E-state index in [1.165, 1.54) is 13.2 Å². The van der Waals surface area contributed by atoms with Crippen LogP contribution in [0.15, 0.2) is 36.4 Å². The van der Waals surface area contributed by atoms with E-state index < -0.39 is 17.9 Å². The largest absolute Gasteiger partial charge is 0.497 e. The summed E-state index contributed by atoms with van der Waals surface area (Å²) in [6, 6.07) is 5.16. The molecule has 1 atom stereocenters. The minimum Gasteiger partial charge on any atom is -0.497 e. The van der Waals surface area contributed by atoms with E-state index in [0.29, 0.717) is 37.6 Å². The van der Waals surface area contributed by atoms with Crippen molar-refractivity contribution < 1.29 is 29.0 Å². The number of nitrogens with one attached hydrogen (secondary N) is 1. The van der Waals surface area contributed by atoms with Gasteiger partial charge in [-0.3, -0.25) is 9.59 Å². The Balaban J connectivity index is 2.01. The number of benzene rings is 1. The van der Waals surface area contributed by atoms with E-state index in [1.807, 2.05) is 0 Å². The van der Waals surface area contributed by atoms with Gasteiger partial charge >= 0.3 is 5.97 Å². The van der Waals surface area contributed by atoms with Gasteiger partial charge in [0.2, 0.25) is 11.8 Å². The summed E-state index contributed by atoms with van der Waals surface area (Å²) in [7, 11) is 1.47. The molecule has 0 spiro atoms. The highest BCUT2D eigenvalue weighted by Gasteiger charge is 2.22. The van der Waals surface area contributed by atoms with Crippen LogP contribution in [0.2, 0.25) is 0 Å². The lowest BCUT2D eigenvalue weighted by atomic mass is 10.1. The molecule has 1 heterocycles. The number of hydrogen-bond acceptors (Lipinski definition) is 5. The second kappa shape index (κ2) is 8.84. The number of hydrogen-bond donors (Lipinski definition) is 2. The third-order valence-corrected chi connectivity index (χ3v) is 3.66. The van der Waals surface area contributed by atoms with Crippen LogP contribution in [0.5, 0.6) is 5.75 Å². The molecule has 1 saturated heterocycles. The summed E-state index contributed by atoms with van der Waals surface area (Å²) in [6.45, 7) is 1.85. The average Bonchev–Trinajstić information content (AvgIpc) is 2.64. The van der Waals surface area contributed by atoms with Crippen LogP contribution >= 0.6 is 0 Å². The van der Waals surface area contributed by atoms with Crippen molar-refractivity contribution in [3.8, 4) is 5.75 Å². The normalized spacial score (nSPS) is 15.6. The molecule has 1 aliphatic rings. The number of carboxylic acid groups (broad SMARTS) is 1. The Morgan fingerprint density at radius 1 is 1.28 bits per heavy atom. The molecule has 8 heteroatoms. The predicted molar refractivity (Wildman–Crippen MR) is 88.1 cm³/mol. The molecule has 25 heavy (non-hydrogen) atoms. The Morgan fingerprint density at radius 2 is 2.00 bits per heavy atom. The molecular formula is C17H20N2O6. The van der Waals surface area contributed by atoms with Gasteiger partial charge in [0.1, 0.15) is 5.75 Å². The van der Waals surface area contributed by atoms with Crippen LogP contribution in [0.25, 0.3) is 0 Å². The SMILES string of the molecule is COc1cccc(C(NC(=O)/C=C/C(=O)N2CCOCC2)C(=O)O)c1. The van der Waals surface area contributed by atoms with E-state index in [1.54, 1.807) is 23.1 Å². The van der Waals surface area contributed by atoms with Crippen LogP contribution in [-0.2, 0) is 19.1 Å². The van der Waals surface area contributed by atoms with Gasteiger partial charge in [-0.2, -0.15) is 0 Å². The van der Waals surface area contributed by atoms with Crippen molar-refractivity contribution in [2.24, 2.45) is 0 Å². The topological polar surface area (TPSA) is 105 Å². The number of carbonyl (C=O) groups is 3. The Labute approximate surface area is 145 Å². The molecule has 1 aliphatic heterocycles. The number of ether oxygens (including phenoxy) is 2. The van der Waals surface area contributed by atoms with Gasteiger partial charge in [-0.25, -0.2) is 4.79 Å². The first-order valence-corrected chi connectivity index (χ1v) is 7.73. The summed E-state index contributed by atoms with van der Waals surface area (Å²) >= 11 is 0. The quantitative estimate of drug-likeness (QED) is 0.719. The molecule has 134 valence electrons. The van der Waals surface area contributed by atoms with Gasteiger partial charge in [0.15, 0.2) is 6.04 Å². The zero-order valence-electron chi connectivity index (χ0n) is 13.8. The highest BCUT2D eigenvalue weighted by Crippen LogP contribution is 2.19. The maximum absolute atomic E-state index is 12.0. The number of rotatable bonds is 6. The Morgan fingerprint density at radius 3 is 2.64 bits per heavy atom. The van der Waals surface area contributed by atoms with E-state index in [4.69, 9.17) is 9.47 Å². The summed E-state index contributed by atoms with van der Waals surface area (Å²) in [6.07, 6.45) is 2.17. The number of nitrogens with zero attached hydrogens (tertiary/aromatic N) is 1. The summed E-state index contributed by atoms with van der Waals surface area (Å²) in [5, 5.41) is 11.7. The summed E-state index contributed by atoms with van der Waals surface area (Å²) < 4.78 is 10.2. The molecule has 1 fully saturated rings. The van der Waals surface area contributed by atoms with Crippen molar-refractivity contribution in [3.63, 3.8) is 0 Å². The molecule has 1 aromatic carbocycles. The number of carboxylic acids is 1. The van der Waals surface area contributed by atoms with Gasteiger partial charge in [-0.1, -0.05) is 12.1 Å². The monoisotopic (exact) mass is 348 g/mol. The summed E-state index contributed by atoms with van der Waals surface area (Å²) in [5.41, 5.74) is 0.369. The van der Waals surface area contributed by atoms with Crippen molar-refractivity contribution in [1.82, 2.24) is 10.2 Å². The fourth-order valence-corrected chi connectivity index (χ4v) is 2.34. The van der Waals surface area contributed by atoms with Gasteiger partial charge in [-0.05, 0) is 17.7 Å². The lowest BCUT2D eigenvalue weighted by molar-refractivity contribution is -0.141. The van der Waals surface area contributed by atoms with Gasteiger partial charge in [0, 0.05) is 25.2 Å². The van der Waals surface area contributed by atoms with Crippen LogP contribution in [0.3, 0.4) is 0 Å². The lowest BCUT2D eigenvalue weighted by Crippen LogP contribution is -2.40. The maximum Gasteiger partial charge on any atom is 0.330 e. The zero-order valence-corrected chi connectivity index (χ0v) is 13.8. The fraction of sp³-hybridized carbons (Fsp3) is 0.353. The van der Waals surface area contributed by atoms with Gasteiger partial charge < -0.3 is 24.8 Å². The second-order valence-corrected chi connectivity index (χ2v) is 5.33. The summed E-state index contributed by atoms with van der Waals surface area (Å²) in [4.78, 5) is 36.9. The van der Waals surface area contributed by atoms with Crippen LogP contribution in [-0.4, -0.2) is 61.2 Å². The predicted octanol–water partition coefficient (Wildman–Crippen LogP) is 0.352.